The van der Waals surface area contributed by atoms with E-state index in [1.165, 1.54) is 5.56 Å². The molecule has 1 N–H and O–H groups in total. The molecule has 0 aliphatic heterocycles. The highest BCUT2D eigenvalue weighted by atomic mass is 31.0. The number of rotatable bonds is 1. The van der Waals surface area contributed by atoms with Crippen LogP contribution < -0.4 is 4.83 Å². The van der Waals surface area contributed by atoms with E-state index >= 15 is 0 Å². The fourth-order valence-electron chi connectivity index (χ4n) is 0.697. The quantitative estimate of drug-likeness (QED) is 0.495. The molecule has 0 saturated carbocycles. The molecule has 0 spiro atoms. The van der Waals surface area contributed by atoms with E-state index in [-0.39, 0.29) is 0 Å². The lowest BCUT2D eigenvalue weighted by Crippen LogP contribution is -1.99. The fraction of sp³-hybridized carbons (Fsp3) is 0.143. The Bertz CT molecular complexity index is 207. The molecule has 0 aromatic heterocycles. The molecule has 0 amide bonds. The van der Waals surface area contributed by atoms with E-state index in [0.717, 1.165) is 10.5 Å². The highest BCUT2D eigenvalue weighted by Crippen LogP contribution is 2.15. The van der Waals surface area contributed by atoms with Gasteiger partial charge in [-0.05, 0) is 28.4 Å². The van der Waals surface area contributed by atoms with Gasteiger partial charge in [-0.3, -0.25) is 5.21 Å². The van der Waals surface area contributed by atoms with Gasteiger partial charge in [-0.15, -0.1) is 0 Å². The van der Waals surface area contributed by atoms with Crippen molar-refractivity contribution < 1.29 is 5.21 Å². The van der Waals surface area contributed by atoms with E-state index < -0.39 is 0 Å². The maximum absolute atomic E-state index is 8.91. The molecule has 0 saturated heterocycles. The molecule has 10 heavy (non-hydrogen) atoms. The van der Waals surface area contributed by atoms with Crippen molar-refractivity contribution >= 4 is 15.1 Å². The summed E-state index contributed by atoms with van der Waals surface area (Å²) in [6, 6.07) is 7.59. The van der Waals surface area contributed by atoms with Gasteiger partial charge in [0.1, 0.15) is 0 Å². The number of nitrogens with zero attached hydrogens (tertiary/aromatic N) is 1. The Hall–Kier alpha value is -0.590. The molecule has 1 rings (SSSR count). The van der Waals surface area contributed by atoms with Crippen molar-refractivity contribution in [1.82, 2.24) is 0 Å². The normalized spacial score (nSPS) is 9.50. The van der Waals surface area contributed by atoms with Crippen LogP contribution in [0.1, 0.15) is 5.56 Å². The number of benzene rings is 1. The lowest BCUT2D eigenvalue weighted by molar-refractivity contribution is 0.331. The van der Waals surface area contributed by atoms with Crippen molar-refractivity contribution in [2.75, 3.05) is 4.83 Å². The zero-order chi connectivity index (χ0) is 7.56. The van der Waals surface area contributed by atoms with Crippen molar-refractivity contribution in [3.05, 3.63) is 29.8 Å². The molecule has 54 valence electrons. The summed E-state index contributed by atoms with van der Waals surface area (Å²) in [5, 5.41) is 8.91. The first-order valence-corrected chi connectivity index (χ1v) is 3.52. The summed E-state index contributed by atoms with van der Waals surface area (Å²) in [4.78, 5) is 1.01. The molecular formula is C7H10NOP. The summed E-state index contributed by atoms with van der Waals surface area (Å²) in [7, 11) is 2.18. The molecule has 1 aromatic rings. The minimum Gasteiger partial charge on any atom is -0.286 e. The molecule has 0 radical (unpaired) electrons. The SMILES string of the molecule is Cc1ccc(N(O)P)cc1. The Morgan fingerprint density at radius 3 is 2.20 bits per heavy atom. The van der Waals surface area contributed by atoms with Gasteiger partial charge < -0.3 is 0 Å². The number of anilines is 1. The summed E-state index contributed by atoms with van der Waals surface area (Å²) in [5.74, 6) is 0. The monoisotopic (exact) mass is 155 g/mol. The minimum atomic E-state index is 0.774. The third-order valence-electron chi connectivity index (χ3n) is 1.30. The Kier molecular flexibility index (Phi) is 2.25. The molecular weight excluding hydrogens is 145 g/mol. The summed E-state index contributed by atoms with van der Waals surface area (Å²) in [5.41, 5.74) is 1.96. The first-order valence-electron chi connectivity index (χ1n) is 3.00. The van der Waals surface area contributed by atoms with E-state index in [1.54, 1.807) is 0 Å². The van der Waals surface area contributed by atoms with Crippen LogP contribution in [-0.2, 0) is 0 Å². The van der Waals surface area contributed by atoms with Crippen LogP contribution in [0.4, 0.5) is 5.69 Å². The molecule has 0 fully saturated rings. The molecule has 0 bridgehead atoms. The standard InChI is InChI=1S/C7H10NOP/c1-6-2-4-7(5-3-6)8(9)10/h2-5,9H,10H2,1H3. The third-order valence-corrected chi connectivity index (χ3v) is 1.60. The van der Waals surface area contributed by atoms with Crippen LogP contribution in [0.3, 0.4) is 0 Å². The number of aryl methyl sites for hydroxylation is 1. The molecule has 2 nitrogen and oxygen atoms in total. The molecule has 1 aromatic carbocycles. The molecule has 0 aliphatic carbocycles. The van der Waals surface area contributed by atoms with Gasteiger partial charge in [-0.1, -0.05) is 17.7 Å². The van der Waals surface area contributed by atoms with Crippen molar-refractivity contribution in [2.45, 2.75) is 6.92 Å². The zero-order valence-corrected chi connectivity index (χ0v) is 6.94. The molecule has 0 aliphatic rings. The summed E-state index contributed by atoms with van der Waals surface area (Å²) >= 11 is 0. The topological polar surface area (TPSA) is 23.5 Å². The maximum atomic E-state index is 8.91. The Labute approximate surface area is 62.7 Å². The summed E-state index contributed by atoms with van der Waals surface area (Å²) in [6.45, 7) is 2.01. The lowest BCUT2D eigenvalue weighted by atomic mass is 10.2. The Morgan fingerprint density at radius 1 is 1.30 bits per heavy atom. The molecule has 1 atom stereocenters. The van der Waals surface area contributed by atoms with Crippen molar-refractivity contribution in [3.63, 3.8) is 0 Å². The first-order chi connectivity index (χ1) is 4.70. The predicted octanol–water partition coefficient (Wildman–Crippen LogP) is 1.98. The van der Waals surface area contributed by atoms with E-state index in [9.17, 15) is 0 Å². The van der Waals surface area contributed by atoms with Gasteiger partial charge in [0, 0.05) is 0 Å². The van der Waals surface area contributed by atoms with Crippen LogP contribution in [-0.4, -0.2) is 5.21 Å². The zero-order valence-electron chi connectivity index (χ0n) is 5.78. The predicted molar refractivity (Wildman–Crippen MR) is 45.2 cm³/mol. The van der Waals surface area contributed by atoms with E-state index in [1.807, 2.05) is 31.2 Å². The first kappa shape index (κ1) is 7.52. The van der Waals surface area contributed by atoms with Gasteiger partial charge in [-0.25, -0.2) is 4.83 Å². The van der Waals surface area contributed by atoms with Crippen molar-refractivity contribution in [3.8, 4) is 0 Å². The number of hydrogen-bond acceptors (Lipinski definition) is 2. The highest BCUT2D eigenvalue weighted by molar-refractivity contribution is 7.18. The average molecular weight is 155 g/mol. The molecule has 1 unspecified atom stereocenters. The second kappa shape index (κ2) is 3.00. The van der Waals surface area contributed by atoms with Crippen LogP contribution in [0.2, 0.25) is 0 Å². The van der Waals surface area contributed by atoms with Gasteiger partial charge in [-0.2, -0.15) is 0 Å². The maximum Gasteiger partial charge on any atom is 0.0668 e. The van der Waals surface area contributed by atoms with Gasteiger partial charge in [0.2, 0.25) is 0 Å². The second-order valence-electron chi connectivity index (χ2n) is 2.18. The molecule has 3 heteroatoms. The van der Waals surface area contributed by atoms with Gasteiger partial charge in [0.05, 0.1) is 5.69 Å². The minimum absolute atomic E-state index is 0.774. The van der Waals surface area contributed by atoms with E-state index in [4.69, 9.17) is 5.21 Å². The Morgan fingerprint density at radius 2 is 1.80 bits per heavy atom. The van der Waals surface area contributed by atoms with Crippen LogP contribution in [0.15, 0.2) is 24.3 Å². The van der Waals surface area contributed by atoms with Gasteiger partial charge >= 0.3 is 0 Å². The van der Waals surface area contributed by atoms with Crippen LogP contribution >= 0.6 is 9.39 Å². The smallest absolute Gasteiger partial charge is 0.0668 e. The lowest BCUT2D eigenvalue weighted by Gasteiger charge is -2.08. The third kappa shape index (κ3) is 1.69. The summed E-state index contributed by atoms with van der Waals surface area (Å²) in [6.07, 6.45) is 0. The largest absolute Gasteiger partial charge is 0.286 e. The molecule has 0 heterocycles. The summed E-state index contributed by atoms with van der Waals surface area (Å²) < 4.78 is 0. The number of hydrogen-bond donors (Lipinski definition) is 1. The van der Waals surface area contributed by atoms with E-state index in [2.05, 4.69) is 9.39 Å². The van der Waals surface area contributed by atoms with Gasteiger partial charge in [0.25, 0.3) is 0 Å². The van der Waals surface area contributed by atoms with Crippen LogP contribution in [0.25, 0.3) is 0 Å². The second-order valence-corrected chi connectivity index (χ2v) is 2.67. The Balaban J connectivity index is 2.89. The van der Waals surface area contributed by atoms with Crippen LogP contribution in [0.5, 0.6) is 0 Å². The van der Waals surface area contributed by atoms with Crippen molar-refractivity contribution in [2.24, 2.45) is 0 Å². The van der Waals surface area contributed by atoms with Crippen molar-refractivity contribution in [1.29, 1.82) is 0 Å². The van der Waals surface area contributed by atoms with Crippen LogP contribution in [0, 0.1) is 6.92 Å². The fourth-order valence-corrected chi connectivity index (χ4v) is 0.870. The average Bonchev–Trinajstić information content (AvgIpc) is 1.88. The van der Waals surface area contributed by atoms with E-state index in [0.29, 0.717) is 0 Å². The van der Waals surface area contributed by atoms with Gasteiger partial charge in [0.15, 0.2) is 0 Å². The highest BCUT2D eigenvalue weighted by Gasteiger charge is 1.92.